The summed E-state index contributed by atoms with van der Waals surface area (Å²) in [6, 6.07) is 6.59. The second-order valence-electron chi connectivity index (χ2n) is 5.23. The summed E-state index contributed by atoms with van der Waals surface area (Å²) in [5.74, 6) is -0.259. The highest BCUT2D eigenvalue weighted by atomic mass is 19.1. The van der Waals surface area contributed by atoms with E-state index in [0.29, 0.717) is 12.0 Å². The fraction of sp³-hybridized carbons (Fsp3) is 0.500. The highest BCUT2D eigenvalue weighted by Crippen LogP contribution is 2.34. The van der Waals surface area contributed by atoms with Crippen molar-refractivity contribution in [3.05, 3.63) is 48.3 Å². The maximum absolute atomic E-state index is 13.5. The van der Waals surface area contributed by atoms with Crippen molar-refractivity contribution in [2.75, 3.05) is 0 Å². The van der Waals surface area contributed by atoms with Gasteiger partial charge in [0.15, 0.2) is 0 Å². The third-order valence-corrected chi connectivity index (χ3v) is 3.82. The minimum absolute atomic E-state index is 0.205. The molecule has 2 atom stereocenters. The number of rotatable bonds is 5. The number of aliphatic hydroxyl groups is 1. The van der Waals surface area contributed by atoms with Gasteiger partial charge in [-0.05, 0) is 25.3 Å². The molecular formula is C16H21FO2. The van der Waals surface area contributed by atoms with Crippen LogP contribution in [-0.4, -0.2) is 16.8 Å². The smallest absolute Gasteiger partial charge is 0.128 e. The number of hydrogen-bond donors (Lipinski definition) is 1. The van der Waals surface area contributed by atoms with Gasteiger partial charge in [-0.1, -0.05) is 37.1 Å². The minimum Gasteiger partial charge on any atom is -0.387 e. The Hall–Kier alpha value is -1.19. The molecule has 0 amide bonds. The van der Waals surface area contributed by atoms with Crippen molar-refractivity contribution in [2.45, 2.75) is 50.4 Å². The molecule has 0 heterocycles. The predicted octanol–water partition coefficient (Wildman–Crippen LogP) is 3.59. The average Bonchev–Trinajstić information content (AvgIpc) is 2.40. The summed E-state index contributed by atoms with van der Waals surface area (Å²) in [6.07, 6.45) is 5.60. The molecule has 0 saturated heterocycles. The van der Waals surface area contributed by atoms with E-state index in [0.717, 1.165) is 25.7 Å². The van der Waals surface area contributed by atoms with E-state index in [4.69, 9.17) is 4.74 Å². The summed E-state index contributed by atoms with van der Waals surface area (Å²) in [4.78, 5) is 0. The predicted molar refractivity (Wildman–Crippen MR) is 73.2 cm³/mol. The average molecular weight is 264 g/mol. The first-order chi connectivity index (χ1) is 9.15. The van der Waals surface area contributed by atoms with Crippen molar-refractivity contribution in [3.63, 3.8) is 0 Å². The quantitative estimate of drug-likeness (QED) is 0.823. The standard InChI is InChI=1S/C16H21FO2/c1-2-10-16(18)11-6-5-9-15(16)19-12-13-7-3-4-8-14(13)17/h2-4,7-8,15,18H,1,5-6,9-12H2. The Kier molecular flexibility index (Phi) is 4.72. The van der Waals surface area contributed by atoms with Crippen molar-refractivity contribution in [2.24, 2.45) is 0 Å². The zero-order chi connectivity index (χ0) is 13.7. The van der Waals surface area contributed by atoms with E-state index in [1.807, 2.05) is 0 Å². The second-order valence-corrected chi connectivity index (χ2v) is 5.23. The Morgan fingerprint density at radius 3 is 2.95 bits per heavy atom. The molecule has 2 unspecified atom stereocenters. The van der Waals surface area contributed by atoms with Crippen molar-refractivity contribution >= 4 is 0 Å². The summed E-state index contributed by atoms with van der Waals surface area (Å²) < 4.78 is 19.3. The molecule has 0 radical (unpaired) electrons. The molecule has 1 aromatic carbocycles. The first-order valence-electron chi connectivity index (χ1n) is 6.84. The molecule has 1 fully saturated rings. The van der Waals surface area contributed by atoms with Gasteiger partial charge in [0.25, 0.3) is 0 Å². The number of halogens is 1. The second kappa shape index (κ2) is 6.31. The van der Waals surface area contributed by atoms with Crippen LogP contribution in [0.1, 0.15) is 37.7 Å². The number of benzene rings is 1. The van der Waals surface area contributed by atoms with Gasteiger partial charge in [-0.2, -0.15) is 0 Å². The third kappa shape index (κ3) is 3.43. The van der Waals surface area contributed by atoms with Gasteiger partial charge in [0.1, 0.15) is 5.82 Å². The van der Waals surface area contributed by atoms with Crippen LogP contribution in [0.3, 0.4) is 0 Å². The van der Waals surface area contributed by atoms with E-state index in [-0.39, 0.29) is 18.5 Å². The summed E-state index contributed by atoms with van der Waals surface area (Å²) >= 11 is 0. The monoisotopic (exact) mass is 264 g/mol. The first kappa shape index (κ1) is 14.2. The molecule has 2 rings (SSSR count). The summed E-state index contributed by atoms with van der Waals surface area (Å²) in [5.41, 5.74) is -0.306. The van der Waals surface area contributed by atoms with Crippen LogP contribution in [0, 0.1) is 5.82 Å². The lowest BCUT2D eigenvalue weighted by molar-refractivity contribution is -0.134. The molecule has 0 bridgehead atoms. The third-order valence-electron chi connectivity index (χ3n) is 3.82. The lowest BCUT2D eigenvalue weighted by atomic mass is 9.80. The van der Waals surface area contributed by atoms with E-state index < -0.39 is 5.60 Å². The molecule has 19 heavy (non-hydrogen) atoms. The fourth-order valence-electron chi connectivity index (χ4n) is 2.72. The summed E-state index contributed by atoms with van der Waals surface area (Å²) in [7, 11) is 0. The van der Waals surface area contributed by atoms with Crippen molar-refractivity contribution in [1.29, 1.82) is 0 Å². The number of hydrogen-bond acceptors (Lipinski definition) is 2. The normalized spacial score (nSPS) is 27.2. The van der Waals surface area contributed by atoms with Crippen LogP contribution in [0.25, 0.3) is 0 Å². The van der Waals surface area contributed by atoms with E-state index in [9.17, 15) is 9.50 Å². The van der Waals surface area contributed by atoms with Crippen LogP contribution in [0.5, 0.6) is 0 Å². The van der Waals surface area contributed by atoms with Gasteiger partial charge < -0.3 is 9.84 Å². The molecule has 1 N–H and O–H groups in total. The molecule has 1 aliphatic carbocycles. The summed E-state index contributed by atoms with van der Waals surface area (Å²) in [6.45, 7) is 3.90. The molecule has 1 aliphatic rings. The first-order valence-corrected chi connectivity index (χ1v) is 6.84. The van der Waals surface area contributed by atoms with Crippen LogP contribution < -0.4 is 0 Å². The van der Waals surface area contributed by atoms with Crippen molar-refractivity contribution in [3.8, 4) is 0 Å². The molecule has 0 aromatic heterocycles. The van der Waals surface area contributed by atoms with Gasteiger partial charge >= 0.3 is 0 Å². The molecule has 3 heteroatoms. The largest absolute Gasteiger partial charge is 0.387 e. The lowest BCUT2D eigenvalue weighted by Crippen LogP contribution is -2.46. The molecular weight excluding hydrogens is 243 g/mol. The van der Waals surface area contributed by atoms with Crippen LogP contribution in [0.15, 0.2) is 36.9 Å². The Bertz CT molecular complexity index is 433. The highest BCUT2D eigenvalue weighted by Gasteiger charge is 2.38. The topological polar surface area (TPSA) is 29.5 Å². The van der Waals surface area contributed by atoms with Gasteiger partial charge in [0, 0.05) is 5.56 Å². The highest BCUT2D eigenvalue weighted by molar-refractivity contribution is 5.16. The Morgan fingerprint density at radius 1 is 1.42 bits per heavy atom. The van der Waals surface area contributed by atoms with Crippen LogP contribution in [-0.2, 0) is 11.3 Å². The Morgan fingerprint density at radius 2 is 2.21 bits per heavy atom. The maximum atomic E-state index is 13.5. The van der Waals surface area contributed by atoms with Crippen LogP contribution >= 0.6 is 0 Å². The van der Waals surface area contributed by atoms with Crippen molar-refractivity contribution < 1.29 is 14.2 Å². The fourth-order valence-corrected chi connectivity index (χ4v) is 2.72. The molecule has 1 aromatic rings. The minimum atomic E-state index is -0.842. The molecule has 1 saturated carbocycles. The molecule has 104 valence electrons. The Labute approximate surface area is 113 Å². The van der Waals surface area contributed by atoms with E-state index in [2.05, 4.69) is 6.58 Å². The Balaban J connectivity index is 2.00. The zero-order valence-corrected chi connectivity index (χ0v) is 11.1. The van der Waals surface area contributed by atoms with Crippen LogP contribution in [0.4, 0.5) is 4.39 Å². The van der Waals surface area contributed by atoms with Crippen LogP contribution in [0.2, 0.25) is 0 Å². The molecule has 0 aliphatic heterocycles. The zero-order valence-electron chi connectivity index (χ0n) is 11.1. The molecule has 2 nitrogen and oxygen atoms in total. The lowest BCUT2D eigenvalue weighted by Gasteiger charge is -2.39. The van der Waals surface area contributed by atoms with E-state index in [1.165, 1.54) is 6.07 Å². The van der Waals surface area contributed by atoms with E-state index in [1.54, 1.807) is 24.3 Å². The maximum Gasteiger partial charge on any atom is 0.128 e. The van der Waals surface area contributed by atoms with Gasteiger partial charge in [0.05, 0.1) is 18.3 Å². The van der Waals surface area contributed by atoms with Gasteiger partial charge in [-0.25, -0.2) is 4.39 Å². The number of ether oxygens (including phenoxy) is 1. The van der Waals surface area contributed by atoms with Gasteiger partial charge in [0.2, 0.25) is 0 Å². The van der Waals surface area contributed by atoms with Crippen molar-refractivity contribution in [1.82, 2.24) is 0 Å². The summed E-state index contributed by atoms with van der Waals surface area (Å²) in [5, 5.41) is 10.6. The van der Waals surface area contributed by atoms with Gasteiger partial charge in [-0.3, -0.25) is 0 Å². The molecule has 0 spiro atoms. The van der Waals surface area contributed by atoms with Gasteiger partial charge in [-0.15, -0.1) is 6.58 Å². The van der Waals surface area contributed by atoms with E-state index >= 15 is 0 Å². The SMILES string of the molecule is C=CCC1(O)CCCCC1OCc1ccccc1F.